The zero-order valence-electron chi connectivity index (χ0n) is 11.7. The van der Waals surface area contributed by atoms with Gasteiger partial charge in [-0.2, -0.15) is 4.98 Å². The number of hydrogen-bond donors (Lipinski definition) is 0. The second-order valence-corrected chi connectivity index (χ2v) is 5.08. The smallest absolute Gasteiger partial charge is 0.223 e. The molecule has 106 valence electrons. The maximum absolute atomic E-state index is 5.81. The highest BCUT2D eigenvalue weighted by Gasteiger charge is 2.24. The summed E-state index contributed by atoms with van der Waals surface area (Å²) >= 11 is 0. The fourth-order valence-electron chi connectivity index (χ4n) is 2.30. The van der Waals surface area contributed by atoms with Gasteiger partial charge in [-0.1, -0.05) is 11.2 Å². The summed E-state index contributed by atoms with van der Waals surface area (Å²) in [4.78, 5) is 10.9. The van der Waals surface area contributed by atoms with Crippen molar-refractivity contribution in [1.29, 1.82) is 0 Å². The first-order valence-corrected chi connectivity index (χ1v) is 6.76. The van der Waals surface area contributed by atoms with E-state index in [1.54, 1.807) is 6.92 Å². The lowest BCUT2D eigenvalue weighted by molar-refractivity contribution is -0.0358. The van der Waals surface area contributed by atoms with Gasteiger partial charge in [0.2, 0.25) is 5.89 Å². The van der Waals surface area contributed by atoms with Crippen molar-refractivity contribution in [2.24, 2.45) is 0 Å². The molecule has 3 heterocycles. The molecule has 0 aliphatic carbocycles. The van der Waals surface area contributed by atoms with E-state index in [0.717, 1.165) is 30.2 Å². The number of nitrogens with zero attached hydrogens (tertiary/aromatic N) is 4. The van der Waals surface area contributed by atoms with Crippen molar-refractivity contribution in [3.63, 3.8) is 0 Å². The first-order valence-electron chi connectivity index (χ1n) is 6.76. The summed E-state index contributed by atoms with van der Waals surface area (Å²) in [6.45, 7) is 6.87. The van der Waals surface area contributed by atoms with Crippen LogP contribution in [0.15, 0.2) is 22.9 Å². The largest absolute Gasteiger partial charge is 0.369 e. The zero-order chi connectivity index (χ0) is 13.9. The molecule has 0 spiro atoms. The molecule has 1 aliphatic rings. The third kappa shape index (κ3) is 3.02. The third-order valence-electron chi connectivity index (χ3n) is 3.35. The van der Waals surface area contributed by atoms with Crippen LogP contribution in [0.5, 0.6) is 0 Å². The van der Waals surface area contributed by atoms with E-state index in [1.165, 1.54) is 0 Å². The number of pyridine rings is 1. The molecule has 0 N–H and O–H groups in total. The number of aryl methyl sites for hydroxylation is 2. The summed E-state index contributed by atoms with van der Waals surface area (Å²) in [6, 6.07) is 4.09. The predicted molar refractivity (Wildman–Crippen MR) is 72.0 cm³/mol. The summed E-state index contributed by atoms with van der Waals surface area (Å²) in [6.07, 6.45) is 1.89. The summed E-state index contributed by atoms with van der Waals surface area (Å²) in [5.74, 6) is 1.32. The molecule has 6 heteroatoms. The Labute approximate surface area is 117 Å². The molecule has 0 radical (unpaired) electrons. The van der Waals surface area contributed by atoms with Crippen molar-refractivity contribution in [2.45, 2.75) is 26.5 Å². The fourth-order valence-corrected chi connectivity index (χ4v) is 2.30. The molecule has 2 aromatic rings. The summed E-state index contributed by atoms with van der Waals surface area (Å²) in [7, 11) is 0. The van der Waals surface area contributed by atoms with Gasteiger partial charge in [0.1, 0.15) is 6.10 Å². The molecule has 0 aromatic carbocycles. The molecule has 1 unspecified atom stereocenters. The molecular weight excluding hydrogens is 256 g/mol. The highest BCUT2D eigenvalue weighted by Crippen LogP contribution is 2.21. The molecule has 1 atom stereocenters. The van der Waals surface area contributed by atoms with Crippen LogP contribution in [0, 0.1) is 13.8 Å². The van der Waals surface area contributed by atoms with Crippen LogP contribution in [-0.2, 0) is 11.3 Å². The maximum atomic E-state index is 5.81. The van der Waals surface area contributed by atoms with Gasteiger partial charge < -0.3 is 9.26 Å². The number of ether oxygens (including phenoxy) is 1. The van der Waals surface area contributed by atoms with Crippen LogP contribution in [0.3, 0.4) is 0 Å². The van der Waals surface area contributed by atoms with E-state index < -0.39 is 0 Å². The molecule has 0 saturated carbocycles. The van der Waals surface area contributed by atoms with Crippen molar-refractivity contribution in [3.05, 3.63) is 41.3 Å². The van der Waals surface area contributed by atoms with E-state index in [0.29, 0.717) is 19.0 Å². The van der Waals surface area contributed by atoms with Crippen molar-refractivity contribution in [2.75, 3.05) is 19.7 Å². The number of hydrogen-bond acceptors (Lipinski definition) is 6. The Morgan fingerprint density at radius 1 is 1.35 bits per heavy atom. The molecule has 0 amide bonds. The molecular formula is C14H18N4O2. The van der Waals surface area contributed by atoms with Crippen LogP contribution in [-0.4, -0.2) is 39.7 Å². The first-order chi connectivity index (χ1) is 9.70. The molecule has 1 fully saturated rings. The number of rotatable bonds is 3. The second kappa shape index (κ2) is 5.68. The normalized spacial score (nSPS) is 20.2. The van der Waals surface area contributed by atoms with E-state index in [1.807, 2.05) is 19.2 Å². The van der Waals surface area contributed by atoms with Crippen LogP contribution in [0.25, 0.3) is 0 Å². The maximum Gasteiger partial charge on any atom is 0.223 e. The van der Waals surface area contributed by atoms with Crippen LogP contribution >= 0.6 is 0 Å². The van der Waals surface area contributed by atoms with Crippen LogP contribution in [0.2, 0.25) is 0 Å². The van der Waals surface area contributed by atoms with E-state index >= 15 is 0 Å². The Hall–Kier alpha value is -1.79. The van der Waals surface area contributed by atoms with Crippen LogP contribution in [0.4, 0.5) is 0 Å². The zero-order valence-corrected chi connectivity index (χ0v) is 11.7. The molecule has 2 aromatic heterocycles. The monoisotopic (exact) mass is 274 g/mol. The Morgan fingerprint density at radius 2 is 2.25 bits per heavy atom. The average molecular weight is 274 g/mol. The molecule has 1 saturated heterocycles. The minimum absolute atomic E-state index is 0.0114. The van der Waals surface area contributed by atoms with Crippen LogP contribution < -0.4 is 0 Å². The van der Waals surface area contributed by atoms with Gasteiger partial charge in [-0.05, 0) is 18.6 Å². The van der Waals surface area contributed by atoms with Crippen molar-refractivity contribution >= 4 is 0 Å². The Bertz CT molecular complexity index is 567. The minimum atomic E-state index is 0.0114. The van der Waals surface area contributed by atoms with E-state index in [-0.39, 0.29) is 6.10 Å². The predicted octanol–water partition coefficient (Wildman–Crippen LogP) is 1.65. The van der Waals surface area contributed by atoms with Gasteiger partial charge in [-0.15, -0.1) is 0 Å². The van der Waals surface area contributed by atoms with Crippen molar-refractivity contribution in [3.8, 4) is 0 Å². The van der Waals surface area contributed by atoms with Gasteiger partial charge in [0, 0.05) is 26.2 Å². The molecule has 6 nitrogen and oxygen atoms in total. The van der Waals surface area contributed by atoms with E-state index in [9.17, 15) is 0 Å². The molecule has 0 bridgehead atoms. The van der Waals surface area contributed by atoms with Gasteiger partial charge in [0.25, 0.3) is 0 Å². The van der Waals surface area contributed by atoms with Crippen molar-refractivity contribution < 1.29 is 9.26 Å². The average Bonchev–Trinajstić information content (AvgIpc) is 2.85. The van der Waals surface area contributed by atoms with Crippen LogP contribution in [0.1, 0.15) is 29.1 Å². The van der Waals surface area contributed by atoms with Gasteiger partial charge >= 0.3 is 0 Å². The Balaban J connectivity index is 1.65. The van der Waals surface area contributed by atoms with Gasteiger partial charge in [0.15, 0.2) is 5.82 Å². The standard InChI is InChI=1S/C14H18N4O2/c1-10-3-4-12(15-7-10)13-8-18(5-6-19-13)9-14-16-11(2)20-17-14/h3-4,7,13H,5-6,8-9H2,1-2H3. The lowest BCUT2D eigenvalue weighted by Gasteiger charge is -2.31. The summed E-state index contributed by atoms with van der Waals surface area (Å²) < 4.78 is 10.8. The summed E-state index contributed by atoms with van der Waals surface area (Å²) in [5.41, 5.74) is 2.13. The summed E-state index contributed by atoms with van der Waals surface area (Å²) in [5, 5.41) is 3.94. The molecule has 20 heavy (non-hydrogen) atoms. The van der Waals surface area contributed by atoms with Crippen molar-refractivity contribution in [1.82, 2.24) is 20.0 Å². The number of aromatic nitrogens is 3. The minimum Gasteiger partial charge on any atom is -0.369 e. The van der Waals surface area contributed by atoms with E-state index in [4.69, 9.17) is 9.26 Å². The SMILES string of the molecule is Cc1ccc(C2CN(Cc3noc(C)n3)CCO2)nc1. The van der Waals surface area contributed by atoms with Gasteiger partial charge in [-0.25, -0.2) is 0 Å². The number of morpholine rings is 1. The molecule has 1 aliphatic heterocycles. The first kappa shape index (κ1) is 13.2. The van der Waals surface area contributed by atoms with Gasteiger partial charge in [0.05, 0.1) is 18.8 Å². The quantitative estimate of drug-likeness (QED) is 0.848. The topological polar surface area (TPSA) is 64.3 Å². The highest BCUT2D eigenvalue weighted by molar-refractivity contribution is 5.14. The second-order valence-electron chi connectivity index (χ2n) is 5.08. The Morgan fingerprint density at radius 3 is 2.95 bits per heavy atom. The van der Waals surface area contributed by atoms with E-state index in [2.05, 4.69) is 26.1 Å². The highest BCUT2D eigenvalue weighted by atomic mass is 16.5. The lowest BCUT2D eigenvalue weighted by atomic mass is 10.1. The lowest BCUT2D eigenvalue weighted by Crippen LogP contribution is -2.38. The Kier molecular flexibility index (Phi) is 3.75. The van der Waals surface area contributed by atoms with Gasteiger partial charge in [-0.3, -0.25) is 9.88 Å². The molecule has 3 rings (SSSR count). The fraction of sp³-hybridized carbons (Fsp3) is 0.500. The third-order valence-corrected chi connectivity index (χ3v) is 3.35.